The molecule has 0 bridgehead atoms. The monoisotopic (exact) mass is 666 g/mol. The molecule has 0 atom stereocenters. The standard InChI is InChI=1S/C36H22N6O8/c43-39(44)25-19-28-27(29-20-26(40(45)46)22-33(42(49)50)36(29)35(28)32(21-25)41(47)48)15-7-10-18-34-37(23-11-3-1-4-12-23)30-16-8-9-17-31(30)38(34)24-13-5-2-6-14-24/h1-22H/b10-7+. The Morgan fingerprint density at radius 3 is 1.28 bits per heavy atom. The van der Waals surface area contributed by atoms with Crippen molar-refractivity contribution in [2.45, 2.75) is 0 Å². The second-order valence-electron chi connectivity index (χ2n) is 11.1. The molecule has 5 aromatic carbocycles. The van der Waals surface area contributed by atoms with Crippen molar-refractivity contribution in [3.63, 3.8) is 0 Å². The molecule has 5 aromatic rings. The van der Waals surface area contributed by atoms with Crippen LogP contribution in [0, 0.1) is 40.5 Å². The number of nitrogens with zero attached hydrogens (tertiary/aromatic N) is 6. The second kappa shape index (κ2) is 12.3. The fraction of sp³-hybridized carbons (Fsp3) is 0. The van der Waals surface area contributed by atoms with E-state index in [0.29, 0.717) is 0 Å². The molecular formula is C36H22N6O8. The van der Waals surface area contributed by atoms with Crippen LogP contribution >= 0.6 is 0 Å². The zero-order valence-electron chi connectivity index (χ0n) is 25.7. The van der Waals surface area contributed by atoms with Crippen LogP contribution in [0.3, 0.4) is 0 Å². The summed E-state index contributed by atoms with van der Waals surface area (Å²) in [5.41, 5.74) is 0.484. The van der Waals surface area contributed by atoms with Gasteiger partial charge in [-0.15, -0.1) is 0 Å². The summed E-state index contributed by atoms with van der Waals surface area (Å²) >= 11 is 0. The molecule has 244 valence electrons. The lowest BCUT2D eigenvalue weighted by atomic mass is 10.0. The molecule has 0 aromatic heterocycles. The van der Waals surface area contributed by atoms with Crippen LogP contribution in [-0.2, 0) is 0 Å². The Kier molecular flexibility index (Phi) is 7.64. The molecule has 7 rings (SSSR count). The van der Waals surface area contributed by atoms with Gasteiger partial charge in [-0.1, -0.05) is 66.8 Å². The number of allylic oxidation sites excluding steroid dienone is 4. The van der Waals surface area contributed by atoms with E-state index in [1.54, 1.807) is 12.2 Å². The van der Waals surface area contributed by atoms with Gasteiger partial charge in [0.05, 0.1) is 54.3 Å². The molecule has 14 heteroatoms. The van der Waals surface area contributed by atoms with Crippen LogP contribution in [-0.4, -0.2) is 19.7 Å². The highest BCUT2D eigenvalue weighted by molar-refractivity contribution is 6.08. The van der Waals surface area contributed by atoms with Gasteiger partial charge in [0.1, 0.15) is 5.82 Å². The molecule has 1 aliphatic carbocycles. The Bertz CT molecular complexity index is 2200. The average molecular weight is 667 g/mol. The van der Waals surface area contributed by atoms with Crippen molar-refractivity contribution in [3.05, 3.63) is 191 Å². The van der Waals surface area contributed by atoms with E-state index < -0.39 is 42.4 Å². The van der Waals surface area contributed by atoms with Gasteiger partial charge in [-0.05, 0) is 48.0 Å². The number of fused-ring (bicyclic) bond motifs is 4. The van der Waals surface area contributed by atoms with Gasteiger partial charge in [-0.25, -0.2) is 0 Å². The molecule has 0 unspecified atom stereocenters. The van der Waals surface area contributed by atoms with E-state index in [1.165, 1.54) is 6.08 Å². The van der Waals surface area contributed by atoms with E-state index >= 15 is 0 Å². The van der Waals surface area contributed by atoms with Crippen molar-refractivity contribution in [1.82, 2.24) is 0 Å². The number of hydrogen-bond acceptors (Lipinski definition) is 10. The first-order valence-electron chi connectivity index (χ1n) is 15.0. The van der Waals surface area contributed by atoms with Crippen molar-refractivity contribution in [2.75, 3.05) is 9.80 Å². The summed E-state index contributed by atoms with van der Waals surface area (Å²) in [5.74, 6) is 0.739. The maximum absolute atomic E-state index is 12.2. The van der Waals surface area contributed by atoms with E-state index in [-0.39, 0.29) is 27.8 Å². The van der Waals surface area contributed by atoms with Gasteiger partial charge in [0.15, 0.2) is 0 Å². The van der Waals surface area contributed by atoms with Crippen LogP contribution in [0.4, 0.5) is 45.5 Å². The third kappa shape index (κ3) is 5.18. The number of anilines is 4. The highest BCUT2D eigenvalue weighted by Crippen LogP contribution is 2.55. The first-order chi connectivity index (χ1) is 24.2. The van der Waals surface area contributed by atoms with E-state index in [9.17, 15) is 40.5 Å². The third-order valence-corrected chi connectivity index (χ3v) is 8.32. The molecule has 0 saturated heterocycles. The number of benzene rings is 5. The maximum atomic E-state index is 12.2. The summed E-state index contributed by atoms with van der Waals surface area (Å²) in [6, 6.07) is 30.9. The van der Waals surface area contributed by atoms with Crippen LogP contribution in [0.15, 0.2) is 139 Å². The Balaban J connectivity index is 1.43. The molecular weight excluding hydrogens is 644 g/mol. The molecule has 14 nitrogen and oxygen atoms in total. The average Bonchev–Trinajstić information content (AvgIpc) is 3.62. The van der Waals surface area contributed by atoms with Gasteiger partial charge in [0.25, 0.3) is 22.7 Å². The first kappa shape index (κ1) is 31.1. The van der Waals surface area contributed by atoms with E-state index in [1.807, 2.05) is 91.0 Å². The second-order valence-corrected chi connectivity index (χ2v) is 11.1. The summed E-state index contributed by atoms with van der Waals surface area (Å²) < 4.78 is 0. The van der Waals surface area contributed by atoms with Gasteiger partial charge in [-0.2, -0.15) is 0 Å². The van der Waals surface area contributed by atoms with Crippen LogP contribution in [0.1, 0.15) is 11.1 Å². The largest absolute Gasteiger partial charge is 0.294 e. The minimum absolute atomic E-state index is 0.0353. The summed E-state index contributed by atoms with van der Waals surface area (Å²) in [4.78, 5) is 48.7. The molecule has 2 aliphatic rings. The molecule has 0 saturated carbocycles. The number of hydrogen-bond donors (Lipinski definition) is 0. The van der Waals surface area contributed by atoms with Crippen LogP contribution in [0.5, 0.6) is 0 Å². The minimum Gasteiger partial charge on any atom is -0.294 e. The SMILES string of the molecule is O=[N+]([O-])c1cc2c(c([N+](=O)[O-])c1)-c1c(cc([N+](=O)[O-])cc1[N+](=O)[O-])C2=C/C=C/C=C1N(c2ccccc2)c2ccccc2N1c1ccccc1. The van der Waals surface area contributed by atoms with Gasteiger partial charge in [0, 0.05) is 34.6 Å². The molecule has 0 radical (unpaired) electrons. The predicted octanol–water partition coefficient (Wildman–Crippen LogP) is 9.12. The van der Waals surface area contributed by atoms with Crippen molar-refractivity contribution in [1.29, 1.82) is 0 Å². The normalized spacial score (nSPS) is 12.8. The minimum atomic E-state index is -0.863. The topological polar surface area (TPSA) is 179 Å². The number of nitro benzene ring substituents is 4. The summed E-state index contributed by atoms with van der Waals surface area (Å²) in [6.45, 7) is 0. The first-order valence-corrected chi connectivity index (χ1v) is 15.0. The fourth-order valence-electron chi connectivity index (χ4n) is 6.33. The summed E-state index contributed by atoms with van der Waals surface area (Å²) in [7, 11) is 0. The lowest BCUT2D eigenvalue weighted by molar-refractivity contribution is -0.395. The van der Waals surface area contributed by atoms with E-state index in [0.717, 1.165) is 52.8 Å². The highest BCUT2D eigenvalue weighted by atomic mass is 16.6. The Morgan fingerprint density at radius 2 is 0.880 bits per heavy atom. The van der Waals surface area contributed by atoms with Crippen LogP contribution < -0.4 is 9.80 Å². The number of para-hydroxylation sites is 4. The lowest BCUT2D eigenvalue weighted by Gasteiger charge is -2.25. The predicted molar refractivity (Wildman–Crippen MR) is 186 cm³/mol. The number of rotatable bonds is 8. The van der Waals surface area contributed by atoms with E-state index in [4.69, 9.17) is 0 Å². The zero-order valence-corrected chi connectivity index (χ0v) is 25.7. The lowest BCUT2D eigenvalue weighted by Crippen LogP contribution is -2.21. The van der Waals surface area contributed by atoms with Crippen molar-refractivity contribution >= 4 is 51.1 Å². The van der Waals surface area contributed by atoms with Gasteiger partial charge in [-0.3, -0.25) is 50.3 Å². The summed E-state index contributed by atoms with van der Waals surface area (Å²) in [6.07, 6.45) is 6.57. The molecule has 1 heterocycles. The van der Waals surface area contributed by atoms with Crippen molar-refractivity contribution < 1.29 is 19.7 Å². The molecule has 50 heavy (non-hydrogen) atoms. The highest BCUT2D eigenvalue weighted by Gasteiger charge is 2.40. The van der Waals surface area contributed by atoms with E-state index in [2.05, 4.69) is 9.80 Å². The smallest absolute Gasteiger partial charge is 0.284 e. The third-order valence-electron chi connectivity index (χ3n) is 8.32. The molecule has 0 amide bonds. The zero-order chi connectivity index (χ0) is 35.1. The van der Waals surface area contributed by atoms with Gasteiger partial charge < -0.3 is 0 Å². The maximum Gasteiger partial charge on any atom is 0.284 e. The molecule has 0 fully saturated rings. The van der Waals surface area contributed by atoms with Crippen molar-refractivity contribution in [3.8, 4) is 11.1 Å². The Morgan fingerprint density at radius 1 is 0.480 bits per heavy atom. The van der Waals surface area contributed by atoms with Gasteiger partial charge in [0.2, 0.25) is 0 Å². The quantitative estimate of drug-likeness (QED) is 0.112. The molecule has 0 N–H and O–H groups in total. The van der Waals surface area contributed by atoms with Crippen LogP contribution in [0.2, 0.25) is 0 Å². The molecule has 0 spiro atoms. The molecule has 1 aliphatic heterocycles. The number of nitro groups is 4. The number of non-ortho nitro benzene ring substituents is 2. The van der Waals surface area contributed by atoms with Gasteiger partial charge >= 0.3 is 0 Å². The van der Waals surface area contributed by atoms with Crippen molar-refractivity contribution in [2.24, 2.45) is 0 Å². The van der Waals surface area contributed by atoms with Crippen LogP contribution in [0.25, 0.3) is 16.7 Å². The Hall–Kier alpha value is -7.48. The fourth-order valence-corrected chi connectivity index (χ4v) is 6.33. The summed E-state index contributed by atoms with van der Waals surface area (Å²) in [5, 5.41) is 47.9. The Labute approximate surface area is 282 Å².